The molecule has 27 heavy (non-hydrogen) atoms. The molecule has 1 heterocycles. The molecule has 2 amide bonds. The maximum Gasteiger partial charge on any atom is 0.349 e. The maximum atomic E-state index is 13.5. The summed E-state index contributed by atoms with van der Waals surface area (Å²) in [5.74, 6) is -7.13. The summed E-state index contributed by atoms with van der Waals surface area (Å²) in [7, 11) is 0. The number of thiophene rings is 1. The zero-order chi connectivity index (χ0) is 20.1. The van der Waals surface area contributed by atoms with Gasteiger partial charge in [0.15, 0.2) is 23.6 Å². The van der Waals surface area contributed by atoms with E-state index in [0.717, 1.165) is 17.4 Å². The molecular weight excluding hydrogens is 409 g/mol. The average molecular weight is 421 g/mol. The molecule has 1 aromatic carbocycles. The molecule has 0 unspecified atom stereocenters. The number of hydrogen-bond acceptors (Lipinski definition) is 5. The molecule has 0 aliphatic carbocycles. The van der Waals surface area contributed by atoms with Crippen molar-refractivity contribution in [2.75, 3.05) is 11.9 Å². The van der Waals surface area contributed by atoms with Crippen molar-refractivity contribution < 1.29 is 32.3 Å². The second-order valence-corrected chi connectivity index (χ2v) is 6.86. The topological polar surface area (TPSA) is 84.5 Å². The molecule has 2 aromatic rings. The number of anilines is 1. The lowest BCUT2D eigenvalue weighted by molar-refractivity contribution is -0.130. The van der Waals surface area contributed by atoms with Gasteiger partial charge in [-0.3, -0.25) is 9.59 Å². The Balaban J connectivity index is 1.84. The maximum absolute atomic E-state index is 13.5. The molecule has 0 bridgehead atoms. The molecular formula is C16H12ClF3N2O4S. The van der Waals surface area contributed by atoms with Gasteiger partial charge in [-0.15, -0.1) is 11.3 Å². The second-order valence-electron chi connectivity index (χ2n) is 5.14. The Kier molecular flexibility index (Phi) is 6.81. The Morgan fingerprint density at radius 3 is 2.48 bits per heavy atom. The largest absolute Gasteiger partial charge is 0.448 e. The Morgan fingerprint density at radius 2 is 1.85 bits per heavy atom. The van der Waals surface area contributed by atoms with Crippen LogP contribution in [-0.2, 0) is 14.3 Å². The van der Waals surface area contributed by atoms with Gasteiger partial charge in [0.1, 0.15) is 4.88 Å². The van der Waals surface area contributed by atoms with Crippen LogP contribution in [0.1, 0.15) is 16.6 Å². The first-order valence-electron chi connectivity index (χ1n) is 7.36. The molecule has 0 saturated heterocycles. The van der Waals surface area contributed by atoms with Crippen LogP contribution in [0, 0.1) is 17.5 Å². The number of hydrogen-bond donors (Lipinski definition) is 2. The lowest BCUT2D eigenvalue weighted by Crippen LogP contribution is -2.40. The van der Waals surface area contributed by atoms with Crippen LogP contribution in [0.3, 0.4) is 0 Å². The molecule has 0 fully saturated rings. The van der Waals surface area contributed by atoms with Gasteiger partial charge in [-0.2, -0.15) is 0 Å². The van der Waals surface area contributed by atoms with Gasteiger partial charge in [0.05, 0.1) is 16.6 Å². The highest BCUT2D eigenvalue weighted by molar-refractivity contribution is 7.17. The zero-order valence-corrected chi connectivity index (χ0v) is 15.2. The van der Waals surface area contributed by atoms with Crippen molar-refractivity contribution in [1.29, 1.82) is 0 Å². The van der Waals surface area contributed by atoms with Gasteiger partial charge in [0.2, 0.25) is 5.91 Å². The summed E-state index contributed by atoms with van der Waals surface area (Å²) in [6.07, 6.45) is -1.22. The highest BCUT2D eigenvalue weighted by Gasteiger charge is 2.21. The molecule has 1 atom stereocenters. The molecule has 0 aliphatic heterocycles. The molecule has 0 aliphatic rings. The number of esters is 1. The smallest absolute Gasteiger partial charge is 0.349 e. The van der Waals surface area contributed by atoms with E-state index in [1.54, 1.807) is 0 Å². The number of halogens is 4. The Morgan fingerprint density at radius 1 is 1.15 bits per heavy atom. The summed E-state index contributed by atoms with van der Waals surface area (Å²) in [5.41, 5.74) is -0.581. The number of carbonyl (C=O) groups excluding carboxylic acids is 3. The van der Waals surface area contributed by atoms with E-state index in [2.05, 4.69) is 5.32 Å². The fourth-order valence-electron chi connectivity index (χ4n) is 1.82. The third-order valence-electron chi connectivity index (χ3n) is 3.16. The van der Waals surface area contributed by atoms with Gasteiger partial charge < -0.3 is 15.4 Å². The van der Waals surface area contributed by atoms with E-state index in [9.17, 15) is 27.6 Å². The first-order valence-corrected chi connectivity index (χ1v) is 8.56. The van der Waals surface area contributed by atoms with E-state index in [4.69, 9.17) is 16.3 Å². The predicted octanol–water partition coefficient (Wildman–Crippen LogP) is 3.12. The minimum atomic E-state index is -1.73. The van der Waals surface area contributed by atoms with E-state index >= 15 is 0 Å². The highest BCUT2D eigenvalue weighted by atomic mass is 35.5. The van der Waals surface area contributed by atoms with Crippen molar-refractivity contribution in [1.82, 2.24) is 5.32 Å². The predicted molar refractivity (Wildman–Crippen MR) is 92.2 cm³/mol. The molecule has 0 saturated carbocycles. The minimum absolute atomic E-state index is 0.200. The Labute approximate surface area is 160 Å². The van der Waals surface area contributed by atoms with E-state index in [0.29, 0.717) is 10.4 Å². The van der Waals surface area contributed by atoms with Crippen LogP contribution in [0.2, 0.25) is 4.34 Å². The summed E-state index contributed by atoms with van der Waals surface area (Å²) in [6.45, 7) is 0.680. The van der Waals surface area contributed by atoms with Gasteiger partial charge >= 0.3 is 5.97 Å². The van der Waals surface area contributed by atoms with Crippen LogP contribution in [0.4, 0.5) is 18.9 Å². The van der Waals surface area contributed by atoms with Crippen LogP contribution in [0.5, 0.6) is 0 Å². The minimum Gasteiger partial charge on any atom is -0.448 e. The van der Waals surface area contributed by atoms with Gasteiger partial charge in [-0.25, -0.2) is 18.0 Å². The van der Waals surface area contributed by atoms with Gasteiger partial charge in [0.25, 0.3) is 5.91 Å². The molecule has 144 valence electrons. The number of rotatable bonds is 6. The van der Waals surface area contributed by atoms with Gasteiger partial charge in [-0.05, 0) is 31.2 Å². The van der Waals surface area contributed by atoms with E-state index in [-0.39, 0.29) is 4.88 Å². The normalized spacial score (nSPS) is 11.6. The van der Waals surface area contributed by atoms with Crippen LogP contribution < -0.4 is 10.6 Å². The van der Waals surface area contributed by atoms with Crippen LogP contribution in [0.25, 0.3) is 0 Å². The molecule has 1 aromatic heterocycles. The number of benzene rings is 1. The number of ether oxygens (including phenoxy) is 1. The fourth-order valence-corrected chi connectivity index (χ4v) is 2.75. The third-order valence-corrected chi connectivity index (χ3v) is 4.37. The van der Waals surface area contributed by atoms with Crippen LogP contribution >= 0.6 is 22.9 Å². The summed E-state index contributed by atoms with van der Waals surface area (Å²) in [5, 5.41) is 4.15. The molecule has 0 spiro atoms. The van der Waals surface area contributed by atoms with Gasteiger partial charge in [0, 0.05) is 0 Å². The van der Waals surface area contributed by atoms with Crippen molar-refractivity contribution in [2.24, 2.45) is 0 Å². The Hall–Kier alpha value is -2.59. The molecule has 2 rings (SSSR count). The molecule has 0 radical (unpaired) electrons. The first kappa shape index (κ1) is 20.7. The van der Waals surface area contributed by atoms with E-state index < -0.39 is 53.6 Å². The number of carbonyl (C=O) groups is 3. The fraction of sp³-hybridized carbons (Fsp3) is 0.188. The van der Waals surface area contributed by atoms with E-state index in [1.165, 1.54) is 19.1 Å². The third kappa shape index (κ3) is 5.44. The summed E-state index contributed by atoms with van der Waals surface area (Å²) >= 11 is 6.67. The van der Waals surface area contributed by atoms with E-state index in [1.807, 2.05) is 5.32 Å². The summed E-state index contributed by atoms with van der Waals surface area (Å²) < 4.78 is 44.7. The van der Waals surface area contributed by atoms with Crippen molar-refractivity contribution in [3.63, 3.8) is 0 Å². The molecule has 6 nitrogen and oxygen atoms in total. The summed E-state index contributed by atoms with van der Waals surface area (Å²) in [4.78, 5) is 35.6. The van der Waals surface area contributed by atoms with Crippen molar-refractivity contribution in [2.45, 2.75) is 13.0 Å². The number of amides is 2. The lowest BCUT2D eigenvalue weighted by Gasteiger charge is -2.13. The SMILES string of the molecule is C[C@H](OC(=O)c1ccc(Cl)s1)C(=O)NCC(=O)Nc1ccc(F)c(F)c1F. The Bertz CT molecular complexity index is 891. The number of nitrogens with one attached hydrogen (secondary N) is 2. The van der Waals surface area contributed by atoms with Crippen LogP contribution in [0.15, 0.2) is 24.3 Å². The highest BCUT2D eigenvalue weighted by Crippen LogP contribution is 2.22. The van der Waals surface area contributed by atoms with Crippen molar-refractivity contribution in [3.05, 3.63) is 50.9 Å². The molecule has 2 N–H and O–H groups in total. The van der Waals surface area contributed by atoms with Crippen molar-refractivity contribution >= 4 is 46.4 Å². The monoisotopic (exact) mass is 420 g/mol. The second kappa shape index (κ2) is 8.87. The summed E-state index contributed by atoms with van der Waals surface area (Å²) in [6, 6.07) is 4.41. The molecule has 11 heteroatoms. The van der Waals surface area contributed by atoms with Crippen LogP contribution in [-0.4, -0.2) is 30.4 Å². The average Bonchev–Trinajstić information content (AvgIpc) is 3.06. The standard InChI is InChI=1S/C16H12ClF3N2O4S/c1-7(26-16(25)10-4-5-11(17)27-10)15(24)21-6-12(23)22-9-3-2-8(18)13(19)14(9)20/h2-5,7H,6H2,1H3,(H,21,24)(H,22,23)/t7-/m0/s1. The quantitative estimate of drug-likeness (QED) is 0.555. The van der Waals surface area contributed by atoms with Gasteiger partial charge in [-0.1, -0.05) is 11.6 Å². The zero-order valence-electron chi connectivity index (χ0n) is 13.6. The van der Waals surface area contributed by atoms with Crippen molar-refractivity contribution in [3.8, 4) is 0 Å². The lowest BCUT2D eigenvalue weighted by atomic mass is 10.2. The first-order chi connectivity index (χ1) is 12.7.